The molecule has 23 heavy (non-hydrogen) atoms. The van der Waals surface area contributed by atoms with Gasteiger partial charge in [-0.2, -0.15) is 0 Å². The second kappa shape index (κ2) is 16.1. The van der Waals surface area contributed by atoms with Crippen molar-refractivity contribution in [1.82, 2.24) is 0 Å². The highest BCUT2D eigenvalue weighted by molar-refractivity contribution is 6.20. The van der Waals surface area contributed by atoms with Crippen molar-refractivity contribution in [2.75, 3.05) is 13.2 Å². The van der Waals surface area contributed by atoms with Crippen LogP contribution in [0.25, 0.3) is 0 Å². The first kappa shape index (κ1) is 22.2. The van der Waals surface area contributed by atoms with Crippen LogP contribution in [-0.4, -0.2) is 30.5 Å². The maximum atomic E-state index is 11.5. The first-order chi connectivity index (χ1) is 11.1. The molecule has 1 unspecified atom stereocenters. The first-order valence-corrected chi connectivity index (χ1v) is 9.45. The van der Waals surface area contributed by atoms with E-state index in [4.69, 9.17) is 21.1 Å². The minimum absolute atomic E-state index is 0.166. The molecule has 0 N–H and O–H groups in total. The van der Waals surface area contributed by atoms with Crippen LogP contribution in [0, 0.1) is 0 Å². The van der Waals surface area contributed by atoms with Crippen LogP contribution >= 0.6 is 11.6 Å². The Labute approximate surface area is 146 Å². The molecule has 0 aromatic rings. The molecule has 5 heteroatoms. The highest BCUT2D eigenvalue weighted by atomic mass is 35.5. The molecular formula is C18H33ClO4. The number of unbranched alkanes of at least 4 members (excludes halogenated alkanes) is 7. The number of hydrogen-bond acceptors (Lipinski definition) is 4. The smallest absolute Gasteiger partial charge is 0.305 e. The Morgan fingerprint density at radius 1 is 0.826 bits per heavy atom. The van der Waals surface area contributed by atoms with Crippen molar-refractivity contribution in [3.63, 3.8) is 0 Å². The third-order valence-corrected chi connectivity index (χ3v) is 3.62. The Bertz CT molecular complexity index is 305. The third kappa shape index (κ3) is 17.4. The lowest BCUT2D eigenvalue weighted by Gasteiger charge is -2.06. The van der Waals surface area contributed by atoms with E-state index in [1.54, 1.807) is 6.92 Å². The zero-order valence-electron chi connectivity index (χ0n) is 14.8. The number of halogens is 1. The van der Waals surface area contributed by atoms with Gasteiger partial charge in [0.05, 0.1) is 12.0 Å². The Balaban J connectivity index is 3.32. The fourth-order valence-electron chi connectivity index (χ4n) is 2.14. The molecule has 0 aromatic heterocycles. The fraction of sp³-hybridized carbons (Fsp3) is 0.889. The van der Waals surface area contributed by atoms with Gasteiger partial charge in [0.15, 0.2) is 0 Å². The van der Waals surface area contributed by atoms with Crippen LogP contribution < -0.4 is 0 Å². The summed E-state index contributed by atoms with van der Waals surface area (Å²) in [6.45, 7) is 4.74. The summed E-state index contributed by atoms with van der Waals surface area (Å²) in [5, 5.41) is -0.166. The summed E-state index contributed by atoms with van der Waals surface area (Å²) in [7, 11) is 0. The lowest BCUT2D eigenvalue weighted by molar-refractivity contribution is -0.146. The number of esters is 2. The van der Waals surface area contributed by atoms with Crippen LogP contribution in [0.3, 0.4) is 0 Å². The molecule has 0 saturated carbocycles. The number of alkyl halides is 1. The molecular weight excluding hydrogens is 316 g/mol. The van der Waals surface area contributed by atoms with Crippen LogP contribution in [0.2, 0.25) is 0 Å². The Morgan fingerprint density at radius 2 is 1.35 bits per heavy atom. The predicted octanol–water partition coefficient (Wildman–Crippen LogP) is 5.01. The molecule has 0 saturated heterocycles. The quantitative estimate of drug-likeness (QED) is 0.237. The largest absolute Gasteiger partial charge is 0.466 e. The molecule has 0 aliphatic rings. The highest BCUT2D eigenvalue weighted by Crippen LogP contribution is 2.08. The SMILES string of the molecule is CCCCCCCCCOC(=O)CCCCC(=O)OCC(C)Cl. The molecule has 0 heterocycles. The average molecular weight is 349 g/mol. The first-order valence-electron chi connectivity index (χ1n) is 9.01. The van der Waals surface area contributed by atoms with Crippen LogP contribution in [0.5, 0.6) is 0 Å². The molecule has 0 fully saturated rings. The van der Waals surface area contributed by atoms with Gasteiger partial charge in [-0.1, -0.05) is 45.4 Å². The summed E-state index contributed by atoms with van der Waals surface area (Å²) in [5.41, 5.74) is 0. The number of carbonyl (C=O) groups excluding carboxylic acids is 2. The van der Waals surface area contributed by atoms with Crippen LogP contribution in [0.4, 0.5) is 0 Å². The van der Waals surface area contributed by atoms with Gasteiger partial charge in [-0.25, -0.2) is 0 Å². The van der Waals surface area contributed by atoms with Gasteiger partial charge in [0.1, 0.15) is 6.61 Å². The number of carbonyl (C=O) groups is 2. The lowest BCUT2D eigenvalue weighted by Crippen LogP contribution is -2.11. The van der Waals surface area contributed by atoms with Crippen molar-refractivity contribution in [3.8, 4) is 0 Å². The van der Waals surface area contributed by atoms with E-state index in [1.807, 2.05) is 0 Å². The normalized spacial score (nSPS) is 12.0. The second-order valence-electron chi connectivity index (χ2n) is 6.01. The van der Waals surface area contributed by atoms with Crippen molar-refractivity contribution < 1.29 is 19.1 Å². The third-order valence-electron chi connectivity index (χ3n) is 3.50. The van der Waals surface area contributed by atoms with Crippen LogP contribution in [0.1, 0.15) is 84.5 Å². The van der Waals surface area contributed by atoms with Gasteiger partial charge in [-0.3, -0.25) is 9.59 Å². The van der Waals surface area contributed by atoms with Gasteiger partial charge in [0.25, 0.3) is 0 Å². The Morgan fingerprint density at radius 3 is 1.91 bits per heavy atom. The molecule has 0 amide bonds. The molecule has 0 radical (unpaired) electrons. The number of rotatable bonds is 15. The monoisotopic (exact) mass is 348 g/mol. The standard InChI is InChI=1S/C18H33ClO4/c1-3-4-5-6-7-8-11-14-22-17(20)12-9-10-13-18(21)23-15-16(2)19/h16H,3-15H2,1-2H3. The minimum Gasteiger partial charge on any atom is -0.466 e. The van der Waals surface area contributed by atoms with Gasteiger partial charge in [0.2, 0.25) is 0 Å². The summed E-state index contributed by atoms with van der Waals surface area (Å²) in [6.07, 6.45) is 10.5. The fourth-order valence-corrected chi connectivity index (χ4v) is 2.20. The molecule has 0 aliphatic heterocycles. The van der Waals surface area contributed by atoms with Crippen molar-refractivity contribution in [2.45, 2.75) is 89.9 Å². The van der Waals surface area contributed by atoms with Gasteiger partial charge >= 0.3 is 11.9 Å². The molecule has 136 valence electrons. The molecule has 0 aromatic carbocycles. The molecule has 4 nitrogen and oxygen atoms in total. The van der Waals surface area contributed by atoms with E-state index in [9.17, 15) is 9.59 Å². The van der Waals surface area contributed by atoms with E-state index >= 15 is 0 Å². The van der Waals surface area contributed by atoms with E-state index in [0.29, 0.717) is 32.3 Å². The molecule has 0 bridgehead atoms. The summed E-state index contributed by atoms with van der Waals surface area (Å²) in [4.78, 5) is 22.9. The van der Waals surface area contributed by atoms with E-state index in [-0.39, 0.29) is 23.9 Å². The zero-order valence-corrected chi connectivity index (χ0v) is 15.5. The topological polar surface area (TPSA) is 52.6 Å². The summed E-state index contributed by atoms with van der Waals surface area (Å²) in [6, 6.07) is 0. The average Bonchev–Trinajstić information content (AvgIpc) is 2.52. The molecule has 0 aliphatic carbocycles. The van der Waals surface area contributed by atoms with Crippen molar-refractivity contribution in [2.24, 2.45) is 0 Å². The van der Waals surface area contributed by atoms with E-state index < -0.39 is 0 Å². The minimum atomic E-state index is -0.256. The molecule has 1 atom stereocenters. The van der Waals surface area contributed by atoms with Crippen molar-refractivity contribution in [1.29, 1.82) is 0 Å². The van der Waals surface area contributed by atoms with Gasteiger partial charge in [0, 0.05) is 12.8 Å². The second-order valence-corrected chi connectivity index (χ2v) is 6.76. The molecule has 0 rings (SSSR count). The summed E-state index contributed by atoms with van der Waals surface area (Å²) >= 11 is 5.69. The summed E-state index contributed by atoms with van der Waals surface area (Å²) < 4.78 is 10.1. The van der Waals surface area contributed by atoms with Crippen LogP contribution in [0.15, 0.2) is 0 Å². The lowest BCUT2D eigenvalue weighted by atomic mass is 10.1. The highest BCUT2D eigenvalue weighted by Gasteiger charge is 2.07. The predicted molar refractivity (Wildman–Crippen MR) is 93.7 cm³/mol. The zero-order chi connectivity index (χ0) is 17.3. The van der Waals surface area contributed by atoms with Crippen LogP contribution in [-0.2, 0) is 19.1 Å². The summed E-state index contributed by atoms with van der Waals surface area (Å²) in [5.74, 6) is -0.423. The van der Waals surface area contributed by atoms with Gasteiger partial charge in [-0.15, -0.1) is 11.6 Å². The van der Waals surface area contributed by atoms with Gasteiger partial charge < -0.3 is 9.47 Å². The number of ether oxygens (including phenoxy) is 2. The van der Waals surface area contributed by atoms with E-state index in [1.165, 1.54) is 32.1 Å². The van der Waals surface area contributed by atoms with Crippen molar-refractivity contribution >= 4 is 23.5 Å². The van der Waals surface area contributed by atoms with Gasteiger partial charge in [-0.05, 0) is 26.2 Å². The maximum Gasteiger partial charge on any atom is 0.305 e. The maximum absolute atomic E-state index is 11.5. The van der Waals surface area contributed by atoms with E-state index in [2.05, 4.69) is 6.92 Å². The number of hydrogen-bond donors (Lipinski definition) is 0. The van der Waals surface area contributed by atoms with Crippen molar-refractivity contribution in [3.05, 3.63) is 0 Å². The van der Waals surface area contributed by atoms with E-state index in [0.717, 1.165) is 12.8 Å². The molecule has 0 spiro atoms. The Kier molecular flexibility index (Phi) is 15.6. The Hall–Kier alpha value is -0.770.